The van der Waals surface area contributed by atoms with E-state index in [1.807, 2.05) is 0 Å². The molecule has 4 N–H and O–H groups in total. The van der Waals surface area contributed by atoms with Crippen LogP contribution in [0, 0.1) is 11.0 Å². The largest absolute Gasteiger partial charge is 0.630 e. The Morgan fingerprint density at radius 1 is 1.31 bits per heavy atom. The molecule has 0 aromatic heterocycles. The third-order valence-electron chi connectivity index (χ3n) is 1.49. The minimum absolute atomic E-state index is 0. The van der Waals surface area contributed by atoms with Gasteiger partial charge in [0.05, 0.1) is 0 Å². The lowest BCUT2D eigenvalue weighted by atomic mass is 10.3. The SMILES string of the molecule is O.[O-][NH2+]c1ccc(F)cc1OCC(F)(F)F. The summed E-state index contributed by atoms with van der Waals surface area (Å²) in [6, 6.07) is 2.74. The Morgan fingerprint density at radius 3 is 2.44 bits per heavy atom. The number of quaternary nitrogens is 1. The lowest BCUT2D eigenvalue weighted by Gasteiger charge is -2.12. The quantitative estimate of drug-likeness (QED) is 0.480. The van der Waals surface area contributed by atoms with Crippen LogP contribution in [0.1, 0.15) is 0 Å². The van der Waals surface area contributed by atoms with Crippen molar-refractivity contribution < 1.29 is 33.3 Å². The number of benzene rings is 1. The van der Waals surface area contributed by atoms with Gasteiger partial charge in [0.15, 0.2) is 18.0 Å². The molecule has 0 aliphatic carbocycles. The van der Waals surface area contributed by atoms with Gasteiger partial charge in [-0.1, -0.05) is 0 Å². The van der Waals surface area contributed by atoms with Gasteiger partial charge in [-0.05, 0) is 6.07 Å². The standard InChI is InChI=1S/C8H7F4NO2.H2O/c9-5-1-2-6(13-14)7(3-5)15-4-8(10,11)12;/h1-3H,4,13H2;1H2. The van der Waals surface area contributed by atoms with E-state index < -0.39 is 24.3 Å². The first kappa shape index (κ1) is 14.6. The summed E-state index contributed by atoms with van der Waals surface area (Å²) < 4.78 is 52.2. The van der Waals surface area contributed by atoms with Crippen LogP contribution in [0.5, 0.6) is 5.75 Å². The molecule has 0 spiro atoms. The molecule has 0 aliphatic rings. The number of halogens is 4. The third-order valence-corrected chi connectivity index (χ3v) is 1.49. The van der Waals surface area contributed by atoms with Crippen LogP contribution < -0.4 is 10.2 Å². The Bertz CT molecular complexity index is 343. The van der Waals surface area contributed by atoms with E-state index in [0.29, 0.717) is 5.48 Å². The van der Waals surface area contributed by atoms with Gasteiger partial charge < -0.3 is 20.9 Å². The van der Waals surface area contributed by atoms with E-state index in [2.05, 4.69) is 4.74 Å². The molecular weight excluding hydrogens is 234 g/mol. The Morgan fingerprint density at radius 2 is 1.94 bits per heavy atom. The summed E-state index contributed by atoms with van der Waals surface area (Å²) in [6.45, 7) is -1.56. The summed E-state index contributed by atoms with van der Waals surface area (Å²) in [5.41, 5.74) is 0.172. The molecule has 0 radical (unpaired) electrons. The van der Waals surface area contributed by atoms with Crippen molar-refractivity contribution in [1.29, 1.82) is 0 Å². The van der Waals surface area contributed by atoms with E-state index in [0.717, 1.165) is 18.2 Å². The molecule has 0 aliphatic heterocycles. The van der Waals surface area contributed by atoms with Gasteiger partial charge in [-0.2, -0.15) is 13.2 Å². The molecule has 1 aromatic rings. The maximum Gasteiger partial charge on any atom is 0.422 e. The molecule has 0 unspecified atom stereocenters. The summed E-state index contributed by atoms with van der Waals surface area (Å²) >= 11 is 0. The predicted molar refractivity (Wildman–Crippen MR) is 46.5 cm³/mol. The zero-order valence-electron chi connectivity index (χ0n) is 7.84. The highest BCUT2D eigenvalue weighted by Crippen LogP contribution is 2.24. The van der Waals surface area contributed by atoms with Gasteiger partial charge >= 0.3 is 6.18 Å². The minimum atomic E-state index is -4.52. The fourth-order valence-corrected chi connectivity index (χ4v) is 0.890. The smallest absolute Gasteiger partial charge is 0.422 e. The number of hydrogen-bond donors (Lipinski definition) is 1. The maximum absolute atomic E-state index is 12.6. The van der Waals surface area contributed by atoms with Crippen LogP contribution in [0.4, 0.5) is 23.2 Å². The maximum atomic E-state index is 12.6. The Labute approximate surface area is 87.7 Å². The van der Waals surface area contributed by atoms with Crippen LogP contribution in [-0.2, 0) is 0 Å². The normalized spacial score (nSPS) is 10.8. The highest BCUT2D eigenvalue weighted by molar-refractivity contribution is 5.45. The van der Waals surface area contributed by atoms with Crippen LogP contribution >= 0.6 is 0 Å². The highest BCUT2D eigenvalue weighted by Gasteiger charge is 2.29. The lowest BCUT2D eigenvalue weighted by molar-refractivity contribution is -0.497. The number of alkyl halides is 3. The summed E-state index contributed by atoms with van der Waals surface area (Å²) in [7, 11) is 0. The second-order valence-corrected chi connectivity index (χ2v) is 2.70. The number of ether oxygens (including phenoxy) is 1. The van der Waals surface area contributed by atoms with E-state index in [1.54, 1.807) is 0 Å². The van der Waals surface area contributed by atoms with Gasteiger partial charge in [0, 0.05) is 12.1 Å². The van der Waals surface area contributed by atoms with Gasteiger partial charge in [-0.25, -0.2) is 4.39 Å². The monoisotopic (exact) mass is 243 g/mol. The molecule has 16 heavy (non-hydrogen) atoms. The van der Waals surface area contributed by atoms with Crippen molar-refractivity contribution in [3.63, 3.8) is 0 Å². The topological polar surface area (TPSA) is 80.4 Å². The minimum Gasteiger partial charge on any atom is -0.630 e. The average molecular weight is 243 g/mol. The van der Waals surface area contributed by atoms with E-state index in [4.69, 9.17) is 0 Å². The number of nitrogens with two attached hydrogens (primary N) is 1. The second kappa shape index (κ2) is 5.64. The van der Waals surface area contributed by atoms with Crippen molar-refractivity contribution in [2.45, 2.75) is 6.18 Å². The summed E-state index contributed by atoms with van der Waals surface area (Å²) in [6.07, 6.45) is -4.52. The fraction of sp³-hybridized carbons (Fsp3) is 0.250. The summed E-state index contributed by atoms with van der Waals surface area (Å²) in [5, 5.41) is 10.4. The lowest BCUT2D eigenvalue weighted by Crippen LogP contribution is -2.70. The van der Waals surface area contributed by atoms with Gasteiger partial charge in [0.1, 0.15) is 5.82 Å². The summed E-state index contributed by atoms with van der Waals surface area (Å²) in [4.78, 5) is 0. The van der Waals surface area contributed by atoms with Gasteiger partial charge in [-0.3, -0.25) is 0 Å². The van der Waals surface area contributed by atoms with Crippen LogP contribution in [0.25, 0.3) is 0 Å². The van der Waals surface area contributed by atoms with Crippen molar-refractivity contribution in [2.75, 3.05) is 6.61 Å². The zero-order valence-corrected chi connectivity index (χ0v) is 7.84. The molecule has 8 heteroatoms. The van der Waals surface area contributed by atoms with Crippen LogP contribution in [0.15, 0.2) is 18.2 Å². The molecule has 0 saturated heterocycles. The molecule has 1 rings (SSSR count). The van der Waals surface area contributed by atoms with E-state index in [9.17, 15) is 22.8 Å². The fourth-order valence-electron chi connectivity index (χ4n) is 0.890. The van der Waals surface area contributed by atoms with Gasteiger partial charge in [-0.15, -0.1) is 0 Å². The van der Waals surface area contributed by atoms with Crippen LogP contribution in [-0.4, -0.2) is 18.3 Å². The highest BCUT2D eigenvalue weighted by atomic mass is 19.4. The average Bonchev–Trinajstić information content (AvgIpc) is 2.14. The number of rotatable bonds is 3. The molecule has 1 aromatic carbocycles. The molecule has 0 saturated carbocycles. The first-order chi connectivity index (χ1) is 6.92. The third kappa shape index (κ3) is 4.43. The number of hydrogen-bond acceptors (Lipinski definition) is 2. The molecule has 0 atom stereocenters. The van der Waals surface area contributed by atoms with Crippen molar-refractivity contribution in [1.82, 2.24) is 0 Å². The Hall–Kier alpha value is -1.38. The van der Waals surface area contributed by atoms with Crippen LogP contribution in [0.3, 0.4) is 0 Å². The van der Waals surface area contributed by atoms with E-state index >= 15 is 0 Å². The first-order valence-corrected chi connectivity index (χ1v) is 3.86. The molecule has 0 heterocycles. The molecule has 4 nitrogen and oxygen atoms in total. The summed E-state index contributed by atoms with van der Waals surface area (Å²) in [5.74, 6) is -1.18. The van der Waals surface area contributed by atoms with Gasteiger partial charge in [0.2, 0.25) is 0 Å². The van der Waals surface area contributed by atoms with Crippen molar-refractivity contribution in [3.05, 3.63) is 29.2 Å². The Kier molecular flexibility index (Phi) is 5.15. The van der Waals surface area contributed by atoms with Crippen molar-refractivity contribution in [3.8, 4) is 5.75 Å². The first-order valence-electron chi connectivity index (χ1n) is 3.86. The second-order valence-electron chi connectivity index (χ2n) is 2.70. The zero-order chi connectivity index (χ0) is 11.5. The van der Waals surface area contributed by atoms with Crippen molar-refractivity contribution in [2.24, 2.45) is 0 Å². The molecule has 92 valence electrons. The van der Waals surface area contributed by atoms with Gasteiger partial charge in [0.25, 0.3) is 0 Å². The molecule has 0 fully saturated rings. The van der Waals surface area contributed by atoms with E-state index in [1.165, 1.54) is 0 Å². The molecule has 0 amide bonds. The van der Waals surface area contributed by atoms with Crippen molar-refractivity contribution >= 4 is 5.69 Å². The predicted octanol–water partition coefficient (Wildman–Crippen LogP) is 0.635. The Balaban J connectivity index is 0.00000225. The van der Waals surface area contributed by atoms with Crippen LogP contribution in [0.2, 0.25) is 0 Å². The molecular formula is C8H9F4NO3. The molecule has 0 bridgehead atoms. The van der Waals surface area contributed by atoms with E-state index in [-0.39, 0.29) is 11.2 Å².